The summed E-state index contributed by atoms with van der Waals surface area (Å²) in [6.45, 7) is 25.8. The van der Waals surface area contributed by atoms with Gasteiger partial charge in [-0.05, 0) is 49.9 Å². The number of aromatic nitrogens is 3. The fraction of sp³-hybridized carbons (Fsp3) is 0.781. The molecule has 0 spiro atoms. The molecule has 0 aliphatic carbocycles. The van der Waals surface area contributed by atoms with Crippen molar-refractivity contribution in [3.05, 3.63) is 28.7 Å². The molecule has 270 valence electrons. The fourth-order valence-electron chi connectivity index (χ4n) is 7.10. The van der Waals surface area contributed by atoms with E-state index in [1.807, 2.05) is 0 Å². The summed E-state index contributed by atoms with van der Waals surface area (Å²) < 4.78 is 61.2. The van der Waals surface area contributed by atoms with Gasteiger partial charge in [0.1, 0.15) is 23.7 Å². The lowest BCUT2D eigenvalue weighted by Crippen LogP contribution is -2.65. The minimum absolute atomic E-state index is 0.0354. The van der Waals surface area contributed by atoms with Gasteiger partial charge in [-0.25, -0.2) is 14.0 Å². The average molecular weight is 728 g/mol. The van der Waals surface area contributed by atoms with E-state index < -0.39 is 61.6 Å². The van der Waals surface area contributed by atoms with Crippen LogP contribution in [0.5, 0.6) is 0 Å². The molecule has 2 fully saturated rings. The van der Waals surface area contributed by atoms with E-state index in [4.69, 9.17) is 26.8 Å². The summed E-state index contributed by atoms with van der Waals surface area (Å²) in [6.07, 6.45) is -0.414. The molecule has 0 bridgehead atoms. The lowest BCUT2D eigenvalue weighted by atomic mass is 10.1. The minimum atomic E-state index is -3.12. The molecule has 0 amide bonds. The highest BCUT2D eigenvalue weighted by Gasteiger charge is 2.62. The Balaban J connectivity index is 1.93. The molecular formula is C32H55FN5O7PSi2. The van der Waals surface area contributed by atoms with Crippen molar-refractivity contribution in [3.63, 3.8) is 0 Å². The first-order valence-corrected chi connectivity index (χ1v) is 22.3. The van der Waals surface area contributed by atoms with E-state index in [0.29, 0.717) is 0 Å². The van der Waals surface area contributed by atoms with Gasteiger partial charge in [0, 0.05) is 18.3 Å². The van der Waals surface area contributed by atoms with Gasteiger partial charge in [-0.2, -0.15) is 5.26 Å². The van der Waals surface area contributed by atoms with Gasteiger partial charge >= 0.3 is 17.1 Å². The Kier molecular flexibility index (Phi) is 12.9. The van der Waals surface area contributed by atoms with Crippen molar-refractivity contribution in [1.82, 2.24) is 19.2 Å². The van der Waals surface area contributed by atoms with Gasteiger partial charge in [-0.15, -0.1) is 0 Å². The number of nitrogens with one attached hydrogen (secondary N) is 1. The summed E-state index contributed by atoms with van der Waals surface area (Å²) in [7, 11) is -7.76. The van der Waals surface area contributed by atoms with Crippen LogP contribution in [0.15, 0.2) is 17.3 Å². The van der Waals surface area contributed by atoms with Gasteiger partial charge in [-0.1, -0.05) is 55.4 Å². The largest absolute Gasteiger partial charge is 0.414 e. The first-order chi connectivity index (χ1) is 22.5. The van der Waals surface area contributed by atoms with Crippen LogP contribution in [0.25, 0.3) is 11.0 Å². The van der Waals surface area contributed by atoms with Gasteiger partial charge in [0.05, 0.1) is 32.0 Å². The number of hydrogen-bond acceptors (Lipinski definition) is 10. The van der Waals surface area contributed by atoms with E-state index in [1.54, 1.807) is 0 Å². The zero-order chi connectivity index (χ0) is 35.7. The highest BCUT2D eigenvalue weighted by Crippen LogP contribution is 2.54. The fourth-order valence-corrected chi connectivity index (χ4v) is 20.0. The zero-order valence-corrected chi connectivity index (χ0v) is 33.4. The summed E-state index contributed by atoms with van der Waals surface area (Å²) in [4.78, 5) is 19.6. The molecule has 4 heterocycles. The highest BCUT2D eigenvalue weighted by molar-refractivity contribution is 7.44. The smallest absolute Gasteiger partial charge is 0.335 e. The number of aromatic amines is 1. The number of ether oxygens (including phenoxy) is 1. The zero-order valence-electron chi connectivity index (χ0n) is 30.5. The minimum Gasteiger partial charge on any atom is -0.414 e. The van der Waals surface area contributed by atoms with Gasteiger partial charge in [0.25, 0.3) is 14.1 Å². The normalized spacial score (nSPS) is 25.1. The van der Waals surface area contributed by atoms with Crippen molar-refractivity contribution in [3.8, 4) is 6.07 Å². The van der Waals surface area contributed by atoms with Crippen LogP contribution in [0.4, 0.5) is 4.39 Å². The van der Waals surface area contributed by atoms with Crippen LogP contribution in [0.2, 0.25) is 22.2 Å². The molecule has 2 aromatic rings. The van der Waals surface area contributed by atoms with Crippen LogP contribution >= 0.6 is 8.53 Å². The average Bonchev–Trinajstić information content (AvgIpc) is 3.48. The van der Waals surface area contributed by atoms with Crippen molar-refractivity contribution in [1.29, 1.82) is 5.26 Å². The first kappa shape index (κ1) is 39.2. The lowest BCUT2D eigenvalue weighted by molar-refractivity contribution is -0.0564. The third-order valence-corrected chi connectivity index (χ3v) is 21.7. The topological polar surface area (TPSA) is 133 Å². The Labute approximate surface area is 288 Å². The van der Waals surface area contributed by atoms with Crippen LogP contribution in [0.1, 0.15) is 95.7 Å². The molecule has 4 rings (SSSR count). The highest BCUT2D eigenvalue weighted by atomic mass is 31.2. The van der Waals surface area contributed by atoms with Crippen LogP contribution < -0.4 is 5.56 Å². The van der Waals surface area contributed by atoms with Gasteiger partial charge in [0.2, 0.25) is 0 Å². The summed E-state index contributed by atoms with van der Waals surface area (Å²) in [5.74, 6) is -0.718. The summed E-state index contributed by atoms with van der Waals surface area (Å²) in [5.41, 5.74) is -0.0944. The van der Waals surface area contributed by atoms with Crippen LogP contribution in [-0.2, 0) is 26.8 Å². The Bertz CT molecular complexity index is 1460. The molecule has 12 nitrogen and oxygen atoms in total. The van der Waals surface area contributed by atoms with Crippen molar-refractivity contribution in [2.45, 2.75) is 148 Å². The third kappa shape index (κ3) is 7.40. The molecular weight excluding hydrogens is 673 g/mol. The summed E-state index contributed by atoms with van der Waals surface area (Å²) in [6, 6.07) is 2.22. The lowest BCUT2D eigenvalue weighted by Gasteiger charge is -2.51. The number of rotatable bonds is 13. The molecule has 2 aliphatic rings. The summed E-state index contributed by atoms with van der Waals surface area (Å²) >= 11 is 0. The molecule has 0 aromatic carbocycles. The maximum Gasteiger partial charge on any atom is 0.335 e. The number of H-pyrrole nitrogens is 1. The van der Waals surface area contributed by atoms with Crippen LogP contribution in [0.3, 0.4) is 0 Å². The van der Waals surface area contributed by atoms with Crippen molar-refractivity contribution in [2.75, 3.05) is 13.2 Å². The van der Waals surface area contributed by atoms with E-state index in [0.717, 1.165) is 0 Å². The maximum absolute atomic E-state index is 15.5. The molecule has 0 saturated carbocycles. The van der Waals surface area contributed by atoms with Gasteiger partial charge < -0.3 is 36.3 Å². The molecule has 16 heteroatoms. The Hall–Kier alpha value is -1.58. The summed E-state index contributed by atoms with van der Waals surface area (Å²) in [5, 5.41) is 9.15. The third-order valence-electron chi connectivity index (χ3n) is 9.33. The number of fused-ring (bicyclic) bond motifs is 2. The molecule has 0 radical (unpaired) electrons. The SMILES string of the molecule is CC(C)N(C(C)C)P(OCCC#N)O[C@@H]1[C@@H]2O[Si](C(C)C)(C(C)C)O[Si](C(C)C)(C(C)C)OC[C@H]2O[C@H]1n1cc(F)c2c(=O)[nH]cnc21. The van der Waals surface area contributed by atoms with Crippen molar-refractivity contribution < 1.29 is 31.1 Å². The van der Waals surface area contributed by atoms with E-state index in [9.17, 15) is 10.1 Å². The Morgan fingerprint density at radius 1 is 1.06 bits per heavy atom. The molecule has 5 atom stereocenters. The number of halogens is 1. The van der Waals surface area contributed by atoms with Crippen LogP contribution in [0, 0.1) is 17.1 Å². The van der Waals surface area contributed by atoms with Gasteiger partial charge in [-0.3, -0.25) is 4.79 Å². The second-order valence-corrected chi connectivity index (χ2v) is 24.8. The monoisotopic (exact) mass is 727 g/mol. The van der Waals surface area contributed by atoms with Crippen molar-refractivity contribution >= 4 is 36.7 Å². The molecule has 2 aliphatic heterocycles. The predicted molar refractivity (Wildman–Crippen MR) is 188 cm³/mol. The van der Waals surface area contributed by atoms with E-state index >= 15 is 4.39 Å². The number of hydrogen-bond donors (Lipinski definition) is 1. The van der Waals surface area contributed by atoms with Gasteiger partial charge in [0.15, 0.2) is 17.7 Å². The standard InChI is InChI=1S/C32H55FN5O7PSi2/c1-19(2)38(20(3)4)46(40-15-13-14-34)43-29-28-26(42-32(29)37-16-25(33)27-30(37)35-18-36-31(27)39)17-41-47(21(5)6,22(7)8)45-48(44-28,23(9)10)24(11)12/h16,18-24,26,28-29,32H,13,15,17H2,1-12H3,(H,35,36,39)/t26-,28-,29-,32-,46?/m1/s1. The molecule has 2 saturated heterocycles. The van der Waals surface area contributed by atoms with E-state index in [1.165, 1.54) is 17.1 Å². The second kappa shape index (κ2) is 15.8. The molecule has 2 aromatic heterocycles. The Morgan fingerprint density at radius 2 is 1.67 bits per heavy atom. The quantitative estimate of drug-likeness (QED) is 0.127. The van der Waals surface area contributed by atoms with E-state index in [-0.39, 0.29) is 64.9 Å². The predicted octanol–water partition coefficient (Wildman–Crippen LogP) is 7.38. The maximum atomic E-state index is 15.5. The van der Waals surface area contributed by atoms with Crippen LogP contribution in [-0.4, -0.2) is 79.9 Å². The number of nitrogens with zero attached hydrogens (tertiary/aromatic N) is 4. The molecule has 1 N–H and O–H groups in total. The van der Waals surface area contributed by atoms with E-state index in [2.05, 4.69) is 104 Å². The van der Waals surface area contributed by atoms with Crippen molar-refractivity contribution in [2.24, 2.45) is 0 Å². The number of nitriles is 1. The first-order valence-electron chi connectivity index (χ1n) is 17.2. The molecule has 48 heavy (non-hydrogen) atoms. The molecule has 1 unspecified atom stereocenters. The second-order valence-electron chi connectivity index (χ2n) is 14.6. The Morgan fingerprint density at radius 3 is 2.21 bits per heavy atom.